The maximum Gasteiger partial charge on any atom is 0.263 e. The molecule has 1 saturated heterocycles. The second-order valence-corrected chi connectivity index (χ2v) is 6.11. The lowest BCUT2D eigenvalue weighted by Crippen LogP contribution is -2.51. The van der Waals surface area contributed by atoms with Gasteiger partial charge in [-0.2, -0.15) is 0 Å². The average molecular weight is 302 g/mol. The SMILES string of the molecule is CC1(C)Cc2cc(C=C3C(=O)NC(=S)NC3=O)ccc2O1. The molecule has 1 aromatic rings. The van der Waals surface area contributed by atoms with Crippen LogP contribution in [0.1, 0.15) is 25.0 Å². The summed E-state index contributed by atoms with van der Waals surface area (Å²) < 4.78 is 5.80. The number of hydrogen-bond donors (Lipinski definition) is 2. The summed E-state index contributed by atoms with van der Waals surface area (Å²) >= 11 is 4.76. The Morgan fingerprint density at radius 3 is 2.57 bits per heavy atom. The van der Waals surface area contributed by atoms with Crippen LogP contribution in [0.15, 0.2) is 23.8 Å². The molecule has 5 nitrogen and oxygen atoms in total. The van der Waals surface area contributed by atoms with Gasteiger partial charge in [0.2, 0.25) is 0 Å². The van der Waals surface area contributed by atoms with E-state index in [-0.39, 0.29) is 16.3 Å². The molecule has 3 rings (SSSR count). The molecule has 0 saturated carbocycles. The van der Waals surface area contributed by atoms with Gasteiger partial charge in [-0.1, -0.05) is 6.07 Å². The van der Waals surface area contributed by atoms with E-state index in [9.17, 15) is 9.59 Å². The van der Waals surface area contributed by atoms with Crippen molar-refractivity contribution in [3.05, 3.63) is 34.9 Å². The van der Waals surface area contributed by atoms with Crippen LogP contribution in [0.3, 0.4) is 0 Å². The first-order valence-corrected chi connectivity index (χ1v) is 6.95. The normalized spacial score (nSPS) is 19.5. The maximum absolute atomic E-state index is 11.8. The molecule has 2 amide bonds. The number of carbonyl (C=O) groups is 2. The van der Waals surface area contributed by atoms with Crippen LogP contribution in [0.4, 0.5) is 0 Å². The minimum atomic E-state index is -0.485. The quantitative estimate of drug-likeness (QED) is 0.466. The van der Waals surface area contributed by atoms with Gasteiger partial charge in [0.15, 0.2) is 5.11 Å². The minimum Gasteiger partial charge on any atom is -0.487 e. The predicted octanol–water partition coefficient (Wildman–Crippen LogP) is 1.31. The van der Waals surface area contributed by atoms with Gasteiger partial charge in [-0.25, -0.2) is 0 Å². The summed E-state index contributed by atoms with van der Waals surface area (Å²) in [5, 5.41) is 4.86. The number of ether oxygens (including phenoxy) is 1. The molecule has 1 fully saturated rings. The highest BCUT2D eigenvalue weighted by Crippen LogP contribution is 2.35. The fraction of sp³-hybridized carbons (Fsp3) is 0.267. The van der Waals surface area contributed by atoms with Gasteiger partial charge in [0.1, 0.15) is 16.9 Å². The summed E-state index contributed by atoms with van der Waals surface area (Å²) in [6, 6.07) is 5.62. The van der Waals surface area contributed by atoms with E-state index in [1.807, 2.05) is 32.0 Å². The van der Waals surface area contributed by atoms with E-state index >= 15 is 0 Å². The zero-order chi connectivity index (χ0) is 15.2. The Kier molecular flexibility index (Phi) is 3.06. The van der Waals surface area contributed by atoms with Crippen LogP contribution < -0.4 is 15.4 Å². The largest absolute Gasteiger partial charge is 0.487 e. The van der Waals surface area contributed by atoms with Crippen LogP contribution in [-0.4, -0.2) is 22.5 Å². The summed E-state index contributed by atoms with van der Waals surface area (Å²) in [6.45, 7) is 4.04. The highest BCUT2D eigenvalue weighted by atomic mass is 32.1. The third-order valence-corrected chi connectivity index (χ3v) is 3.55. The van der Waals surface area contributed by atoms with Crippen molar-refractivity contribution in [3.8, 4) is 5.75 Å². The number of rotatable bonds is 1. The fourth-order valence-electron chi connectivity index (χ4n) is 2.49. The number of nitrogens with one attached hydrogen (secondary N) is 2. The Labute approximate surface area is 127 Å². The monoisotopic (exact) mass is 302 g/mol. The van der Waals surface area contributed by atoms with Gasteiger partial charge in [-0.15, -0.1) is 0 Å². The van der Waals surface area contributed by atoms with Gasteiger partial charge >= 0.3 is 0 Å². The van der Waals surface area contributed by atoms with E-state index in [2.05, 4.69) is 10.6 Å². The van der Waals surface area contributed by atoms with E-state index in [4.69, 9.17) is 17.0 Å². The summed E-state index contributed by atoms with van der Waals surface area (Å²) in [5.41, 5.74) is 1.67. The van der Waals surface area contributed by atoms with E-state index < -0.39 is 11.8 Å². The molecule has 1 aromatic carbocycles. The van der Waals surface area contributed by atoms with E-state index in [0.29, 0.717) is 0 Å². The number of hydrogen-bond acceptors (Lipinski definition) is 4. The molecule has 0 aliphatic carbocycles. The molecule has 21 heavy (non-hydrogen) atoms. The van der Waals surface area contributed by atoms with Gasteiger partial charge in [-0.05, 0) is 55.4 Å². The first kappa shape index (κ1) is 13.8. The lowest BCUT2D eigenvalue weighted by Gasteiger charge is -2.16. The Balaban J connectivity index is 1.93. The Hall–Kier alpha value is -2.21. The average Bonchev–Trinajstić information content (AvgIpc) is 2.66. The molecular weight excluding hydrogens is 288 g/mol. The van der Waals surface area contributed by atoms with Gasteiger partial charge in [0.25, 0.3) is 11.8 Å². The number of fused-ring (bicyclic) bond motifs is 1. The first-order valence-electron chi connectivity index (χ1n) is 6.54. The number of carbonyl (C=O) groups excluding carboxylic acids is 2. The third-order valence-electron chi connectivity index (χ3n) is 3.34. The molecule has 0 atom stereocenters. The van der Waals surface area contributed by atoms with Gasteiger partial charge in [0, 0.05) is 6.42 Å². The molecule has 0 spiro atoms. The van der Waals surface area contributed by atoms with E-state index in [1.54, 1.807) is 6.08 Å². The molecule has 108 valence electrons. The summed E-state index contributed by atoms with van der Waals surface area (Å²) in [5.74, 6) is -0.123. The van der Waals surface area contributed by atoms with Gasteiger partial charge < -0.3 is 4.74 Å². The van der Waals surface area contributed by atoms with Crippen LogP contribution in [0.5, 0.6) is 5.75 Å². The van der Waals surface area contributed by atoms with Crippen LogP contribution in [0.25, 0.3) is 6.08 Å². The van der Waals surface area contributed by atoms with Crippen LogP contribution >= 0.6 is 12.2 Å². The highest BCUT2D eigenvalue weighted by molar-refractivity contribution is 7.80. The lowest BCUT2D eigenvalue weighted by atomic mass is 9.99. The number of amides is 2. The Morgan fingerprint density at radius 2 is 1.90 bits per heavy atom. The number of benzene rings is 1. The molecule has 6 heteroatoms. The first-order chi connectivity index (χ1) is 9.84. The standard InChI is InChI=1S/C15H14N2O3S/c1-15(2)7-9-5-8(3-4-11(9)20-15)6-10-12(18)16-14(21)17-13(10)19/h3-6H,7H2,1-2H3,(H2,16,17,18,19,21). The third kappa shape index (κ3) is 2.67. The molecular formula is C15H14N2O3S. The predicted molar refractivity (Wildman–Crippen MR) is 81.7 cm³/mol. The van der Waals surface area contributed by atoms with Gasteiger partial charge in [-0.3, -0.25) is 20.2 Å². The smallest absolute Gasteiger partial charge is 0.263 e. The summed E-state index contributed by atoms with van der Waals surface area (Å²) in [4.78, 5) is 23.6. The van der Waals surface area contributed by atoms with E-state index in [0.717, 1.165) is 23.3 Å². The lowest BCUT2D eigenvalue weighted by molar-refractivity contribution is -0.123. The van der Waals surface area contributed by atoms with Crippen molar-refractivity contribution in [1.29, 1.82) is 0 Å². The Morgan fingerprint density at radius 1 is 1.24 bits per heavy atom. The molecule has 2 aliphatic heterocycles. The Bertz CT molecular complexity index is 685. The van der Waals surface area contributed by atoms with Gasteiger partial charge in [0.05, 0.1) is 0 Å². The minimum absolute atomic E-state index is 0.0336. The van der Waals surface area contributed by atoms with Crippen molar-refractivity contribution in [2.45, 2.75) is 25.9 Å². The molecule has 0 radical (unpaired) electrons. The van der Waals surface area contributed by atoms with Crippen molar-refractivity contribution in [2.75, 3.05) is 0 Å². The molecule has 0 bridgehead atoms. The second kappa shape index (κ2) is 4.66. The molecule has 2 aliphatic rings. The van der Waals surface area contributed by atoms with Crippen molar-refractivity contribution < 1.29 is 14.3 Å². The van der Waals surface area contributed by atoms with Crippen LogP contribution in [0, 0.1) is 0 Å². The number of thiocarbonyl (C=S) groups is 1. The second-order valence-electron chi connectivity index (χ2n) is 5.70. The van der Waals surface area contributed by atoms with Crippen molar-refractivity contribution >= 4 is 35.2 Å². The topological polar surface area (TPSA) is 67.4 Å². The fourth-order valence-corrected chi connectivity index (χ4v) is 2.68. The van der Waals surface area contributed by atoms with E-state index in [1.165, 1.54) is 0 Å². The van der Waals surface area contributed by atoms with Crippen molar-refractivity contribution in [1.82, 2.24) is 10.6 Å². The zero-order valence-corrected chi connectivity index (χ0v) is 12.5. The summed E-state index contributed by atoms with van der Waals surface area (Å²) in [7, 11) is 0. The molecule has 2 N–H and O–H groups in total. The van der Waals surface area contributed by atoms with Crippen molar-refractivity contribution in [3.63, 3.8) is 0 Å². The zero-order valence-electron chi connectivity index (χ0n) is 11.6. The van der Waals surface area contributed by atoms with Crippen LogP contribution in [-0.2, 0) is 16.0 Å². The van der Waals surface area contributed by atoms with Crippen molar-refractivity contribution in [2.24, 2.45) is 0 Å². The maximum atomic E-state index is 11.8. The molecule has 0 aromatic heterocycles. The summed E-state index contributed by atoms with van der Waals surface area (Å²) in [6.07, 6.45) is 2.35. The van der Waals surface area contributed by atoms with Crippen LogP contribution in [0.2, 0.25) is 0 Å². The molecule has 2 heterocycles. The molecule has 0 unspecified atom stereocenters. The highest BCUT2D eigenvalue weighted by Gasteiger charge is 2.30.